The Morgan fingerprint density at radius 2 is 1.86 bits per heavy atom. The molecule has 9 heteroatoms. The molecule has 2 aromatic rings. The Balaban J connectivity index is 1.56. The second-order valence-electron chi connectivity index (χ2n) is 6.54. The molecule has 0 spiro atoms. The number of sulfone groups is 1. The van der Waals surface area contributed by atoms with Crippen molar-refractivity contribution in [2.45, 2.75) is 11.3 Å². The molecule has 0 aromatic heterocycles. The van der Waals surface area contributed by atoms with E-state index in [0.717, 1.165) is 10.2 Å². The van der Waals surface area contributed by atoms with Gasteiger partial charge in [-0.3, -0.25) is 4.79 Å². The summed E-state index contributed by atoms with van der Waals surface area (Å²) in [4.78, 5) is 18.5. The van der Waals surface area contributed by atoms with Crippen LogP contribution in [-0.2, 0) is 14.6 Å². The van der Waals surface area contributed by atoms with E-state index in [1.807, 2.05) is 47.4 Å². The summed E-state index contributed by atoms with van der Waals surface area (Å²) < 4.78 is 30.6. The SMILES string of the molecule is O=C(COc1ccccc1)N=C1S[C@H]2CS(=O)(=O)C[C@H]2N1c1ccc(Br)cc1. The number of ether oxygens (including phenoxy) is 1. The summed E-state index contributed by atoms with van der Waals surface area (Å²) in [5.41, 5.74) is 0.816. The highest BCUT2D eigenvalue weighted by Gasteiger charge is 2.49. The van der Waals surface area contributed by atoms with Gasteiger partial charge in [-0.05, 0) is 36.4 Å². The van der Waals surface area contributed by atoms with Gasteiger partial charge in [0, 0.05) is 15.4 Å². The molecule has 0 N–H and O–H groups in total. The molecule has 146 valence electrons. The highest BCUT2D eigenvalue weighted by Crippen LogP contribution is 2.41. The minimum atomic E-state index is -3.09. The van der Waals surface area contributed by atoms with E-state index in [2.05, 4.69) is 20.9 Å². The van der Waals surface area contributed by atoms with E-state index in [-0.39, 0.29) is 29.4 Å². The van der Waals surface area contributed by atoms with Crippen LogP contribution in [0.3, 0.4) is 0 Å². The highest BCUT2D eigenvalue weighted by atomic mass is 79.9. The molecule has 28 heavy (non-hydrogen) atoms. The Morgan fingerprint density at radius 1 is 1.14 bits per heavy atom. The molecule has 2 aromatic carbocycles. The van der Waals surface area contributed by atoms with Crippen LogP contribution in [0.5, 0.6) is 5.75 Å². The molecule has 2 saturated heterocycles. The first-order chi connectivity index (χ1) is 13.4. The average molecular weight is 481 g/mol. The van der Waals surface area contributed by atoms with Crippen LogP contribution in [0, 0.1) is 0 Å². The van der Waals surface area contributed by atoms with Gasteiger partial charge in [-0.25, -0.2) is 8.42 Å². The molecule has 0 unspecified atom stereocenters. The predicted molar refractivity (Wildman–Crippen MR) is 115 cm³/mol. The number of fused-ring (bicyclic) bond motifs is 1. The predicted octanol–water partition coefficient (Wildman–Crippen LogP) is 3.13. The van der Waals surface area contributed by atoms with Gasteiger partial charge in [-0.2, -0.15) is 4.99 Å². The molecule has 0 saturated carbocycles. The number of aliphatic imine (C=N–C) groups is 1. The zero-order valence-corrected chi connectivity index (χ0v) is 17.9. The van der Waals surface area contributed by atoms with Crippen LogP contribution in [0.4, 0.5) is 5.69 Å². The molecular weight excluding hydrogens is 464 g/mol. The van der Waals surface area contributed by atoms with Gasteiger partial charge in [0.05, 0.1) is 17.5 Å². The monoisotopic (exact) mass is 480 g/mol. The number of amidine groups is 1. The van der Waals surface area contributed by atoms with Gasteiger partial charge >= 0.3 is 0 Å². The van der Waals surface area contributed by atoms with E-state index in [0.29, 0.717) is 10.9 Å². The van der Waals surface area contributed by atoms with Crippen molar-refractivity contribution in [3.8, 4) is 5.75 Å². The van der Waals surface area contributed by atoms with Crippen LogP contribution in [-0.4, -0.2) is 48.9 Å². The summed E-state index contributed by atoms with van der Waals surface area (Å²) in [7, 11) is -3.09. The van der Waals surface area contributed by atoms with Gasteiger partial charge in [0.15, 0.2) is 21.6 Å². The number of benzene rings is 2. The fourth-order valence-electron chi connectivity index (χ4n) is 3.27. The molecule has 2 aliphatic rings. The van der Waals surface area contributed by atoms with Crippen molar-refractivity contribution in [1.29, 1.82) is 0 Å². The number of rotatable bonds is 4. The summed E-state index contributed by atoms with van der Waals surface area (Å²) in [6.07, 6.45) is 0. The summed E-state index contributed by atoms with van der Waals surface area (Å²) >= 11 is 4.76. The molecule has 1 amide bonds. The van der Waals surface area contributed by atoms with Crippen molar-refractivity contribution in [1.82, 2.24) is 0 Å². The van der Waals surface area contributed by atoms with E-state index in [1.165, 1.54) is 11.8 Å². The van der Waals surface area contributed by atoms with Crippen molar-refractivity contribution in [3.63, 3.8) is 0 Å². The standard InChI is InChI=1S/C19H17BrN2O4S2/c20-13-6-8-14(9-7-13)22-16-11-28(24,25)12-17(16)27-19(22)21-18(23)10-26-15-4-2-1-3-5-15/h1-9,16-17H,10-12H2/t16-,17+/m1/s1. The van der Waals surface area contributed by atoms with Gasteiger partial charge in [0.2, 0.25) is 0 Å². The van der Waals surface area contributed by atoms with E-state index in [1.54, 1.807) is 12.1 Å². The number of carbonyl (C=O) groups is 1. The normalized spacial score (nSPS) is 24.3. The van der Waals surface area contributed by atoms with Crippen molar-refractivity contribution < 1.29 is 17.9 Å². The zero-order valence-electron chi connectivity index (χ0n) is 14.7. The van der Waals surface area contributed by atoms with Crippen molar-refractivity contribution >= 4 is 54.3 Å². The Labute approximate surface area is 176 Å². The molecule has 0 radical (unpaired) electrons. The van der Waals surface area contributed by atoms with Crippen LogP contribution < -0.4 is 9.64 Å². The second-order valence-corrected chi connectivity index (χ2v) is 10.8. The first-order valence-corrected chi connectivity index (χ1v) is 12.1. The number of nitrogens with zero attached hydrogens (tertiary/aromatic N) is 2. The quantitative estimate of drug-likeness (QED) is 0.668. The van der Waals surface area contributed by atoms with Gasteiger partial charge in [0.25, 0.3) is 5.91 Å². The van der Waals surface area contributed by atoms with Crippen LogP contribution in [0.2, 0.25) is 0 Å². The first-order valence-electron chi connectivity index (χ1n) is 8.62. The smallest absolute Gasteiger partial charge is 0.285 e. The number of para-hydroxylation sites is 1. The number of amides is 1. The zero-order chi connectivity index (χ0) is 19.7. The summed E-state index contributed by atoms with van der Waals surface area (Å²) in [5, 5.41) is 0.393. The lowest BCUT2D eigenvalue weighted by Gasteiger charge is -2.24. The second kappa shape index (κ2) is 7.88. The fourth-order valence-corrected chi connectivity index (χ4v) is 7.46. The molecule has 2 heterocycles. The number of carbonyl (C=O) groups excluding carboxylic acids is 1. The van der Waals surface area contributed by atoms with Crippen LogP contribution in [0.1, 0.15) is 0 Å². The van der Waals surface area contributed by atoms with Crippen molar-refractivity contribution in [3.05, 3.63) is 59.1 Å². The Bertz CT molecular complexity index is 1010. The van der Waals surface area contributed by atoms with E-state index in [9.17, 15) is 13.2 Å². The third-order valence-electron chi connectivity index (χ3n) is 4.50. The van der Waals surface area contributed by atoms with E-state index in [4.69, 9.17) is 4.74 Å². The third kappa shape index (κ3) is 4.26. The molecule has 4 rings (SSSR count). The Hall–Kier alpha value is -1.84. The molecule has 2 aliphatic heterocycles. The highest BCUT2D eigenvalue weighted by molar-refractivity contribution is 9.10. The first kappa shape index (κ1) is 19.5. The number of hydrogen-bond donors (Lipinski definition) is 0. The maximum absolute atomic E-state index is 12.4. The van der Waals surface area contributed by atoms with Gasteiger partial charge in [0.1, 0.15) is 5.75 Å². The molecule has 0 aliphatic carbocycles. The fraction of sp³-hybridized carbons (Fsp3) is 0.263. The lowest BCUT2D eigenvalue weighted by molar-refractivity contribution is -0.119. The maximum atomic E-state index is 12.4. The molecule has 2 fully saturated rings. The molecule has 0 bridgehead atoms. The lowest BCUT2D eigenvalue weighted by atomic mass is 10.2. The third-order valence-corrected chi connectivity index (χ3v) is 8.24. The van der Waals surface area contributed by atoms with Gasteiger partial charge in [-0.1, -0.05) is 45.9 Å². The minimum Gasteiger partial charge on any atom is -0.484 e. The van der Waals surface area contributed by atoms with Gasteiger partial charge in [-0.15, -0.1) is 0 Å². The average Bonchev–Trinajstić information content (AvgIpc) is 3.12. The Kier molecular flexibility index (Phi) is 5.48. The molecule has 6 nitrogen and oxygen atoms in total. The van der Waals surface area contributed by atoms with Crippen LogP contribution in [0.15, 0.2) is 64.1 Å². The summed E-state index contributed by atoms with van der Waals surface area (Å²) in [6, 6.07) is 16.4. The number of thioether (sulfide) groups is 1. The summed E-state index contributed by atoms with van der Waals surface area (Å²) in [5.74, 6) is 0.358. The minimum absolute atomic E-state index is 0.0639. The lowest BCUT2D eigenvalue weighted by Crippen LogP contribution is -2.37. The number of anilines is 1. The topological polar surface area (TPSA) is 76.0 Å². The van der Waals surface area contributed by atoms with E-state index < -0.39 is 15.7 Å². The Morgan fingerprint density at radius 3 is 2.57 bits per heavy atom. The summed E-state index contributed by atoms with van der Waals surface area (Å²) in [6.45, 7) is -0.171. The maximum Gasteiger partial charge on any atom is 0.285 e. The largest absolute Gasteiger partial charge is 0.484 e. The van der Waals surface area contributed by atoms with Crippen molar-refractivity contribution in [2.24, 2.45) is 4.99 Å². The molecule has 2 atom stereocenters. The van der Waals surface area contributed by atoms with Crippen LogP contribution in [0.25, 0.3) is 0 Å². The van der Waals surface area contributed by atoms with Gasteiger partial charge < -0.3 is 9.64 Å². The van der Waals surface area contributed by atoms with Crippen LogP contribution >= 0.6 is 27.7 Å². The number of halogens is 1. The molecular formula is C19H17BrN2O4S2. The van der Waals surface area contributed by atoms with E-state index >= 15 is 0 Å². The van der Waals surface area contributed by atoms with Crippen molar-refractivity contribution in [2.75, 3.05) is 23.0 Å². The number of hydrogen-bond acceptors (Lipinski definition) is 5.